The second-order valence-corrected chi connectivity index (χ2v) is 5.18. The minimum Gasteiger partial charge on any atom is -0.384 e. The zero-order chi connectivity index (χ0) is 11.0. The van der Waals surface area contributed by atoms with Gasteiger partial charge in [0, 0.05) is 24.2 Å². The fourth-order valence-electron chi connectivity index (χ4n) is 3.17. The van der Waals surface area contributed by atoms with Crippen molar-refractivity contribution in [2.24, 2.45) is 0 Å². The van der Waals surface area contributed by atoms with Crippen LogP contribution < -0.4 is 5.32 Å². The van der Waals surface area contributed by atoms with E-state index >= 15 is 0 Å². The molecule has 2 heteroatoms. The zero-order valence-electron chi connectivity index (χ0n) is 9.95. The Morgan fingerprint density at radius 1 is 1.38 bits per heavy atom. The predicted molar refractivity (Wildman–Crippen MR) is 67.9 cm³/mol. The summed E-state index contributed by atoms with van der Waals surface area (Å²) in [5.41, 5.74) is 2.89. The summed E-state index contributed by atoms with van der Waals surface area (Å²) < 4.78 is 0. The third-order valence-corrected chi connectivity index (χ3v) is 4.17. The second-order valence-electron chi connectivity index (χ2n) is 5.18. The summed E-state index contributed by atoms with van der Waals surface area (Å²) in [4.78, 5) is 2.53. The highest BCUT2D eigenvalue weighted by molar-refractivity contribution is 5.57. The summed E-state index contributed by atoms with van der Waals surface area (Å²) in [5, 5.41) is 3.52. The molecular formula is C14H20N2. The van der Waals surface area contributed by atoms with Crippen LogP contribution in [0, 0.1) is 0 Å². The lowest BCUT2D eigenvalue weighted by Gasteiger charge is -2.22. The van der Waals surface area contributed by atoms with Gasteiger partial charge in [0.05, 0.1) is 0 Å². The number of para-hydroxylation sites is 1. The number of nitrogens with one attached hydrogen (secondary N) is 1. The van der Waals surface area contributed by atoms with Crippen LogP contribution in [0.25, 0.3) is 0 Å². The highest BCUT2D eigenvalue weighted by atomic mass is 15.1. The summed E-state index contributed by atoms with van der Waals surface area (Å²) in [6.45, 7) is 2.41. The fourth-order valence-corrected chi connectivity index (χ4v) is 3.17. The van der Waals surface area contributed by atoms with E-state index < -0.39 is 0 Å². The largest absolute Gasteiger partial charge is 0.384 e. The van der Waals surface area contributed by atoms with Gasteiger partial charge in [-0.1, -0.05) is 18.2 Å². The van der Waals surface area contributed by atoms with E-state index in [9.17, 15) is 0 Å². The van der Waals surface area contributed by atoms with Crippen molar-refractivity contribution in [2.75, 3.05) is 25.5 Å². The topological polar surface area (TPSA) is 15.3 Å². The van der Waals surface area contributed by atoms with Crippen LogP contribution in [0.2, 0.25) is 0 Å². The van der Waals surface area contributed by atoms with Crippen molar-refractivity contribution < 1.29 is 0 Å². The number of nitrogens with zero attached hydrogens (tertiary/aromatic N) is 1. The Hall–Kier alpha value is -1.02. The Bertz CT molecular complexity index is 375. The first kappa shape index (κ1) is 10.2. The molecule has 0 aliphatic carbocycles. The lowest BCUT2D eigenvalue weighted by atomic mass is 9.93. The van der Waals surface area contributed by atoms with Gasteiger partial charge in [-0.25, -0.2) is 0 Å². The van der Waals surface area contributed by atoms with Gasteiger partial charge in [0.15, 0.2) is 0 Å². The van der Waals surface area contributed by atoms with Crippen molar-refractivity contribution in [2.45, 2.75) is 31.2 Å². The summed E-state index contributed by atoms with van der Waals surface area (Å²) in [6.07, 6.45) is 4.08. The van der Waals surface area contributed by atoms with E-state index in [1.807, 2.05) is 0 Å². The van der Waals surface area contributed by atoms with Gasteiger partial charge in [0.2, 0.25) is 0 Å². The molecule has 86 valence electrons. The average molecular weight is 216 g/mol. The molecule has 0 radical (unpaired) electrons. The third kappa shape index (κ3) is 1.71. The maximum Gasteiger partial charge on any atom is 0.0376 e. The van der Waals surface area contributed by atoms with E-state index in [-0.39, 0.29) is 0 Å². The van der Waals surface area contributed by atoms with Crippen LogP contribution in [0.4, 0.5) is 5.69 Å². The first-order chi connectivity index (χ1) is 7.84. The van der Waals surface area contributed by atoms with Crippen LogP contribution in [0.3, 0.4) is 0 Å². The lowest BCUT2D eigenvalue weighted by molar-refractivity contribution is 0.285. The summed E-state index contributed by atoms with van der Waals surface area (Å²) in [5.74, 6) is 0.724. The fraction of sp³-hybridized carbons (Fsp3) is 0.571. The van der Waals surface area contributed by atoms with Crippen molar-refractivity contribution >= 4 is 5.69 Å². The minimum absolute atomic E-state index is 0.724. The summed E-state index contributed by atoms with van der Waals surface area (Å²) in [6, 6.07) is 9.58. The number of hydrogen-bond acceptors (Lipinski definition) is 2. The molecule has 1 saturated heterocycles. The Kier molecular flexibility index (Phi) is 2.60. The van der Waals surface area contributed by atoms with Gasteiger partial charge < -0.3 is 10.2 Å². The van der Waals surface area contributed by atoms with E-state index in [0.717, 1.165) is 18.5 Å². The van der Waals surface area contributed by atoms with Crippen LogP contribution >= 0.6 is 0 Å². The van der Waals surface area contributed by atoms with Crippen molar-refractivity contribution in [1.29, 1.82) is 0 Å². The number of fused-ring (bicyclic) bond motifs is 1. The summed E-state index contributed by atoms with van der Waals surface area (Å²) >= 11 is 0. The standard InChI is InChI=1S/C14H20N2/c1-16-8-4-5-12(16)9-11-10-15-14-7-3-2-6-13(11)14/h2-3,6-7,11-12,15H,4-5,8-10H2,1H3/t11?,12-/m1/s1. The second kappa shape index (κ2) is 4.10. The smallest absolute Gasteiger partial charge is 0.0376 e. The van der Waals surface area contributed by atoms with Gasteiger partial charge in [-0.05, 0) is 44.5 Å². The Morgan fingerprint density at radius 2 is 2.25 bits per heavy atom. The number of likely N-dealkylation sites (tertiary alicyclic amines) is 1. The molecule has 0 bridgehead atoms. The van der Waals surface area contributed by atoms with Crippen LogP contribution in [-0.4, -0.2) is 31.1 Å². The maximum absolute atomic E-state index is 3.52. The molecule has 1 aromatic carbocycles. The molecule has 1 N–H and O–H groups in total. The van der Waals surface area contributed by atoms with Crippen LogP contribution in [0.15, 0.2) is 24.3 Å². The first-order valence-electron chi connectivity index (χ1n) is 6.37. The lowest BCUT2D eigenvalue weighted by Crippen LogP contribution is -2.27. The number of benzene rings is 1. The van der Waals surface area contributed by atoms with Gasteiger partial charge >= 0.3 is 0 Å². The molecule has 0 saturated carbocycles. The minimum atomic E-state index is 0.724. The van der Waals surface area contributed by atoms with E-state index in [1.165, 1.54) is 37.1 Å². The molecule has 0 aromatic heterocycles. The number of anilines is 1. The Morgan fingerprint density at radius 3 is 3.06 bits per heavy atom. The highest BCUT2D eigenvalue weighted by Crippen LogP contribution is 2.36. The molecule has 16 heavy (non-hydrogen) atoms. The van der Waals surface area contributed by atoms with Gasteiger partial charge in [-0.2, -0.15) is 0 Å². The van der Waals surface area contributed by atoms with Gasteiger partial charge in [-0.15, -0.1) is 0 Å². The third-order valence-electron chi connectivity index (χ3n) is 4.17. The number of hydrogen-bond donors (Lipinski definition) is 1. The van der Waals surface area contributed by atoms with Gasteiger partial charge in [0.25, 0.3) is 0 Å². The SMILES string of the molecule is CN1CCC[C@@H]1CC1CNc2ccccc21. The van der Waals surface area contributed by atoms with Crippen LogP contribution in [0.1, 0.15) is 30.7 Å². The van der Waals surface area contributed by atoms with Crippen molar-refractivity contribution in [1.82, 2.24) is 4.90 Å². The Balaban J connectivity index is 1.73. The Labute approximate surface area is 97.6 Å². The predicted octanol–water partition coefficient (Wildman–Crippen LogP) is 2.68. The number of rotatable bonds is 2. The molecule has 2 aliphatic heterocycles. The van der Waals surface area contributed by atoms with Crippen LogP contribution in [0.5, 0.6) is 0 Å². The molecule has 2 nitrogen and oxygen atoms in total. The van der Waals surface area contributed by atoms with Crippen LogP contribution in [-0.2, 0) is 0 Å². The van der Waals surface area contributed by atoms with E-state index in [0.29, 0.717) is 0 Å². The van der Waals surface area contributed by atoms with Gasteiger partial charge in [0.1, 0.15) is 0 Å². The molecule has 1 unspecified atom stereocenters. The monoisotopic (exact) mass is 216 g/mol. The molecule has 2 atom stereocenters. The van der Waals surface area contributed by atoms with E-state index in [2.05, 4.69) is 41.5 Å². The normalized spacial score (nSPS) is 29.1. The van der Waals surface area contributed by atoms with E-state index in [4.69, 9.17) is 0 Å². The molecular weight excluding hydrogens is 196 g/mol. The van der Waals surface area contributed by atoms with E-state index in [1.54, 1.807) is 0 Å². The van der Waals surface area contributed by atoms with Crippen molar-refractivity contribution in [3.63, 3.8) is 0 Å². The van der Waals surface area contributed by atoms with Gasteiger partial charge in [-0.3, -0.25) is 0 Å². The quantitative estimate of drug-likeness (QED) is 0.817. The highest BCUT2D eigenvalue weighted by Gasteiger charge is 2.28. The molecule has 0 spiro atoms. The molecule has 1 fully saturated rings. The average Bonchev–Trinajstić information content (AvgIpc) is 2.88. The molecule has 2 heterocycles. The molecule has 0 amide bonds. The van der Waals surface area contributed by atoms with Crippen molar-refractivity contribution in [3.05, 3.63) is 29.8 Å². The van der Waals surface area contributed by atoms with Crippen molar-refractivity contribution in [3.8, 4) is 0 Å². The first-order valence-corrected chi connectivity index (χ1v) is 6.37. The maximum atomic E-state index is 3.52. The molecule has 1 aromatic rings. The molecule has 3 rings (SSSR count). The molecule has 2 aliphatic rings. The summed E-state index contributed by atoms with van der Waals surface area (Å²) in [7, 11) is 2.27. The zero-order valence-corrected chi connectivity index (χ0v) is 9.95.